The van der Waals surface area contributed by atoms with Crippen LogP contribution in [0.5, 0.6) is 0 Å². The van der Waals surface area contributed by atoms with Crippen molar-refractivity contribution in [3.05, 3.63) is 65.5 Å². The van der Waals surface area contributed by atoms with Gasteiger partial charge in [-0.2, -0.15) is 0 Å². The van der Waals surface area contributed by atoms with Gasteiger partial charge in [0, 0.05) is 30.9 Å². The maximum absolute atomic E-state index is 4.92. The highest BCUT2D eigenvalue weighted by molar-refractivity contribution is 14.0. The quantitative estimate of drug-likeness (QED) is 0.356. The van der Waals surface area contributed by atoms with Crippen molar-refractivity contribution < 1.29 is 0 Å². The van der Waals surface area contributed by atoms with E-state index in [0.717, 1.165) is 32.0 Å². The summed E-state index contributed by atoms with van der Waals surface area (Å²) in [5, 5.41) is 6.87. The van der Waals surface area contributed by atoms with Crippen molar-refractivity contribution in [1.82, 2.24) is 15.6 Å². The van der Waals surface area contributed by atoms with Crippen LogP contribution in [-0.2, 0) is 11.8 Å². The minimum atomic E-state index is 0. The summed E-state index contributed by atoms with van der Waals surface area (Å²) < 4.78 is 0. The summed E-state index contributed by atoms with van der Waals surface area (Å²) >= 11 is 0. The lowest BCUT2D eigenvalue weighted by atomic mass is 9.64. The topological polar surface area (TPSA) is 49.3 Å². The molecular formula is C22H31IN4. The summed E-state index contributed by atoms with van der Waals surface area (Å²) in [5.41, 5.74) is 4.24. The number of guanidine groups is 1. The number of benzene rings is 1. The number of aliphatic imine (C=N–C) groups is 1. The number of pyridine rings is 1. The average molecular weight is 478 g/mol. The van der Waals surface area contributed by atoms with Crippen molar-refractivity contribution in [1.29, 1.82) is 0 Å². The van der Waals surface area contributed by atoms with Crippen LogP contribution in [0.25, 0.3) is 0 Å². The summed E-state index contributed by atoms with van der Waals surface area (Å²) in [6.45, 7) is 6.82. The van der Waals surface area contributed by atoms with E-state index in [1.54, 1.807) is 0 Å². The van der Waals surface area contributed by atoms with Gasteiger partial charge in [-0.25, -0.2) is 0 Å². The molecule has 0 bridgehead atoms. The second-order valence-corrected chi connectivity index (χ2v) is 7.17. The number of nitrogens with zero attached hydrogens (tertiary/aromatic N) is 2. The molecule has 0 unspecified atom stereocenters. The van der Waals surface area contributed by atoms with Gasteiger partial charge in [0.2, 0.25) is 0 Å². The second-order valence-electron chi connectivity index (χ2n) is 7.17. The van der Waals surface area contributed by atoms with E-state index in [9.17, 15) is 0 Å². The van der Waals surface area contributed by atoms with E-state index in [1.807, 2.05) is 12.4 Å². The maximum atomic E-state index is 4.92. The number of aromatic nitrogens is 1. The Morgan fingerprint density at radius 2 is 1.93 bits per heavy atom. The summed E-state index contributed by atoms with van der Waals surface area (Å²) in [7, 11) is 0. The molecule has 0 aliphatic heterocycles. The van der Waals surface area contributed by atoms with Gasteiger partial charge in [-0.05, 0) is 55.9 Å². The number of nitrogens with one attached hydrogen (secondary N) is 2. The molecule has 2 aromatic rings. The van der Waals surface area contributed by atoms with Crippen LogP contribution in [-0.4, -0.2) is 30.6 Å². The van der Waals surface area contributed by atoms with Gasteiger partial charge in [0.1, 0.15) is 0 Å². The first-order valence-corrected chi connectivity index (χ1v) is 9.71. The first-order valence-electron chi connectivity index (χ1n) is 9.71. The molecule has 0 atom stereocenters. The lowest BCUT2D eigenvalue weighted by Gasteiger charge is -2.41. The third-order valence-corrected chi connectivity index (χ3v) is 5.40. The van der Waals surface area contributed by atoms with Crippen molar-refractivity contribution >= 4 is 29.9 Å². The molecule has 1 heterocycles. The first kappa shape index (κ1) is 21.7. The van der Waals surface area contributed by atoms with Crippen LogP contribution in [0.3, 0.4) is 0 Å². The van der Waals surface area contributed by atoms with Gasteiger partial charge in [0.05, 0.1) is 6.54 Å². The molecule has 5 heteroatoms. The Kier molecular flexibility index (Phi) is 8.54. The Morgan fingerprint density at radius 3 is 2.56 bits per heavy atom. The smallest absolute Gasteiger partial charge is 0.191 e. The standard InChI is InChI=1S/C22H30N4.HI/c1-3-24-21(25-15-11-19-10-14-23-16-18(19)2)26-17-22(12-7-13-22)20-8-5-4-6-9-20;/h4-6,8-10,14,16H,3,7,11-13,15,17H2,1-2H3,(H2,24,25,26);1H. The SMILES string of the molecule is CCNC(=NCC1(c2ccccc2)CCC1)NCCc1ccncc1C.I. The van der Waals surface area contributed by atoms with Gasteiger partial charge >= 0.3 is 0 Å². The van der Waals surface area contributed by atoms with Gasteiger partial charge in [-0.1, -0.05) is 36.8 Å². The van der Waals surface area contributed by atoms with Crippen LogP contribution in [0.4, 0.5) is 0 Å². The van der Waals surface area contributed by atoms with Crippen molar-refractivity contribution in [2.24, 2.45) is 4.99 Å². The van der Waals surface area contributed by atoms with Crippen molar-refractivity contribution in [3.8, 4) is 0 Å². The zero-order chi connectivity index (χ0) is 18.2. The van der Waals surface area contributed by atoms with Crippen LogP contribution in [0, 0.1) is 6.92 Å². The summed E-state index contributed by atoms with van der Waals surface area (Å²) in [4.78, 5) is 9.08. The number of aryl methyl sites for hydroxylation is 1. The van der Waals surface area contributed by atoms with Crippen molar-refractivity contribution in [3.63, 3.8) is 0 Å². The molecule has 0 spiro atoms. The molecule has 1 aliphatic rings. The largest absolute Gasteiger partial charge is 0.357 e. The molecule has 1 aromatic carbocycles. The average Bonchev–Trinajstić information content (AvgIpc) is 2.63. The number of hydrogen-bond acceptors (Lipinski definition) is 2. The number of rotatable bonds is 7. The lowest BCUT2D eigenvalue weighted by Crippen LogP contribution is -2.42. The monoisotopic (exact) mass is 478 g/mol. The van der Waals surface area contributed by atoms with Crippen LogP contribution < -0.4 is 10.6 Å². The first-order chi connectivity index (χ1) is 12.7. The third-order valence-electron chi connectivity index (χ3n) is 5.40. The minimum Gasteiger partial charge on any atom is -0.357 e. The highest BCUT2D eigenvalue weighted by Gasteiger charge is 2.38. The Morgan fingerprint density at radius 1 is 1.15 bits per heavy atom. The van der Waals surface area contributed by atoms with Gasteiger partial charge in [0.15, 0.2) is 5.96 Å². The minimum absolute atomic E-state index is 0. The lowest BCUT2D eigenvalue weighted by molar-refractivity contribution is 0.253. The Balaban J connectivity index is 0.00000261. The normalized spacial score (nSPS) is 15.4. The zero-order valence-electron chi connectivity index (χ0n) is 16.4. The molecular weight excluding hydrogens is 447 g/mol. The maximum Gasteiger partial charge on any atom is 0.191 e. The molecule has 0 amide bonds. The third kappa shape index (κ3) is 5.67. The number of hydrogen-bond donors (Lipinski definition) is 2. The Labute approximate surface area is 180 Å². The van der Waals surface area contributed by atoms with E-state index >= 15 is 0 Å². The van der Waals surface area contributed by atoms with Crippen molar-refractivity contribution in [2.75, 3.05) is 19.6 Å². The molecule has 1 saturated carbocycles. The van der Waals surface area contributed by atoms with E-state index in [-0.39, 0.29) is 29.4 Å². The van der Waals surface area contributed by atoms with E-state index in [4.69, 9.17) is 4.99 Å². The van der Waals surface area contributed by atoms with E-state index in [1.165, 1.54) is 36.0 Å². The van der Waals surface area contributed by atoms with Crippen LogP contribution in [0.1, 0.15) is 42.9 Å². The zero-order valence-corrected chi connectivity index (χ0v) is 18.7. The van der Waals surface area contributed by atoms with Gasteiger partial charge < -0.3 is 10.6 Å². The molecule has 4 nitrogen and oxygen atoms in total. The van der Waals surface area contributed by atoms with E-state index < -0.39 is 0 Å². The molecule has 27 heavy (non-hydrogen) atoms. The van der Waals surface area contributed by atoms with E-state index in [0.29, 0.717) is 0 Å². The van der Waals surface area contributed by atoms with Crippen LogP contribution in [0.2, 0.25) is 0 Å². The van der Waals surface area contributed by atoms with E-state index in [2.05, 4.69) is 65.9 Å². The summed E-state index contributed by atoms with van der Waals surface area (Å²) in [6.07, 6.45) is 8.53. The number of halogens is 1. The fourth-order valence-corrected chi connectivity index (χ4v) is 3.60. The summed E-state index contributed by atoms with van der Waals surface area (Å²) in [5.74, 6) is 0.918. The van der Waals surface area contributed by atoms with Gasteiger partial charge in [0.25, 0.3) is 0 Å². The predicted octanol–water partition coefficient (Wildman–Crippen LogP) is 4.23. The molecule has 1 aliphatic carbocycles. The second kappa shape index (κ2) is 10.6. The van der Waals surface area contributed by atoms with Crippen molar-refractivity contribution in [2.45, 2.75) is 44.9 Å². The van der Waals surface area contributed by atoms with Gasteiger partial charge in [-0.3, -0.25) is 9.98 Å². The fourth-order valence-electron chi connectivity index (χ4n) is 3.60. The molecule has 2 N–H and O–H groups in total. The summed E-state index contributed by atoms with van der Waals surface area (Å²) in [6, 6.07) is 13.0. The fraction of sp³-hybridized carbons (Fsp3) is 0.455. The van der Waals surface area contributed by atoms with Crippen LogP contribution >= 0.6 is 24.0 Å². The molecule has 0 saturated heterocycles. The van der Waals surface area contributed by atoms with Crippen LogP contribution in [0.15, 0.2) is 53.8 Å². The molecule has 0 radical (unpaired) electrons. The van der Waals surface area contributed by atoms with Gasteiger partial charge in [-0.15, -0.1) is 24.0 Å². The Hall–Kier alpha value is -1.63. The Bertz CT molecular complexity index is 726. The molecule has 3 rings (SSSR count). The molecule has 1 aromatic heterocycles. The molecule has 1 fully saturated rings. The molecule has 146 valence electrons. The highest BCUT2D eigenvalue weighted by Crippen LogP contribution is 2.43. The predicted molar refractivity (Wildman–Crippen MR) is 124 cm³/mol. The highest BCUT2D eigenvalue weighted by atomic mass is 127.